The summed E-state index contributed by atoms with van der Waals surface area (Å²) in [6.45, 7) is 1.78. The van der Waals surface area contributed by atoms with Crippen molar-refractivity contribution in [3.63, 3.8) is 0 Å². The zero-order valence-electron chi connectivity index (χ0n) is 7.65. The average molecular weight is 197 g/mol. The maximum Gasteiger partial charge on any atom is 0.313 e. The van der Waals surface area contributed by atoms with Gasteiger partial charge in [0, 0.05) is 11.4 Å². The number of hydrogen-bond acceptors (Lipinski definition) is 2. The fourth-order valence-electron chi connectivity index (χ4n) is 1.23. The van der Waals surface area contributed by atoms with Crippen molar-refractivity contribution in [2.24, 2.45) is 0 Å². The largest absolute Gasteiger partial charge is 0.481 e. The van der Waals surface area contributed by atoms with Gasteiger partial charge in [-0.1, -0.05) is 0 Å². The lowest BCUT2D eigenvalue weighted by molar-refractivity contribution is -0.145. The first kappa shape index (κ1) is 10.3. The van der Waals surface area contributed by atoms with Crippen LogP contribution in [0.2, 0.25) is 0 Å². The molecule has 0 saturated heterocycles. The van der Waals surface area contributed by atoms with Gasteiger partial charge in [-0.2, -0.15) is 0 Å². The number of H-pyrrole nitrogens is 1. The molecule has 5 heteroatoms. The van der Waals surface area contributed by atoms with Crippen molar-refractivity contribution < 1.29 is 19.8 Å². The minimum absolute atomic E-state index is 0.407. The smallest absolute Gasteiger partial charge is 0.313 e. The van der Waals surface area contributed by atoms with Crippen LogP contribution in [-0.4, -0.2) is 27.1 Å². The van der Waals surface area contributed by atoms with Gasteiger partial charge in [0.2, 0.25) is 0 Å². The van der Waals surface area contributed by atoms with E-state index < -0.39 is 24.3 Å². The maximum absolute atomic E-state index is 10.8. The predicted octanol–water partition coefficient (Wildman–Crippen LogP) is 0.966. The maximum atomic E-state index is 10.8. The van der Waals surface area contributed by atoms with E-state index >= 15 is 0 Å². The summed E-state index contributed by atoms with van der Waals surface area (Å²) >= 11 is 0. The van der Waals surface area contributed by atoms with Gasteiger partial charge < -0.3 is 15.2 Å². The van der Waals surface area contributed by atoms with E-state index in [-0.39, 0.29) is 0 Å². The van der Waals surface area contributed by atoms with E-state index in [1.807, 2.05) is 0 Å². The minimum atomic E-state index is -1.13. The number of carboxylic acids is 2. The average Bonchev–Trinajstić information content (AvgIpc) is 2.46. The Bertz CT molecular complexity index is 355. The van der Waals surface area contributed by atoms with Crippen LogP contribution in [0.15, 0.2) is 12.1 Å². The highest BCUT2D eigenvalue weighted by molar-refractivity contribution is 5.82. The fraction of sp³-hybridized carbons (Fsp3) is 0.333. The number of aryl methyl sites for hydroxylation is 1. The summed E-state index contributed by atoms with van der Waals surface area (Å²) in [6, 6.07) is 3.31. The molecule has 76 valence electrons. The first-order valence-electron chi connectivity index (χ1n) is 4.11. The van der Waals surface area contributed by atoms with E-state index in [0.29, 0.717) is 5.69 Å². The Morgan fingerprint density at radius 1 is 1.43 bits per heavy atom. The Kier molecular flexibility index (Phi) is 2.91. The molecule has 0 bridgehead atoms. The zero-order valence-corrected chi connectivity index (χ0v) is 7.65. The molecule has 3 N–H and O–H groups in total. The Morgan fingerprint density at radius 3 is 2.43 bits per heavy atom. The molecule has 1 heterocycles. The molecule has 14 heavy (non-hydrogen) atoms. The monoisotopic (exact) mass is 197 g/mol. The SMILES string of the molecule is Cc1ccc(C(CC(=O)O)C(=O)O)[nH]1. The summed E-state index contributed by atoms with van der Waals surface area (Å²) in [5.74, 6) is -3.25. The molecule has 0 aliphatic rings. The van der Waals surface area contributed by atoms with Gasteiger partial charge in [0.1, 0.15) is 5.92 Å². The first-order chi connectivity index (χ1) is 6.50. The Labute approximate surface area is 80.4 Å². The Morgan fingerprint density at radius 2 is 2.07 bits per heavy atom. The topological polar surface area (TPSA) is 90.4 Å². The van der Waals surface area contributed by atoms with E-state index in [0.717, 1.165) is 5.69 Å². The van der Waals surface area contributed by atoms with Gasteiger partial charge in [0.15, 0.2) is 0 Å². The van der Waals surface area contributed by atoms with Gasteiger partial charge in [0.05, 0.1) is 6.42 Å². The third-order valence-corrected chi connectivity index (χ3v) is 1.91. The minimum Gasteiger partial charge on any atom is -0.481 e. The van der Waals surface area contributed by atoms with Crippen LogP contribution in [0, 0.1) is 6.92 Å². The molecule has 0 amide bonds. The highest BCUT2D eigenvalue weighted by Crippen LogP contribution is 2.19. The molecule has 0 aliphatic heterocycles. The van der Waals surface area contributed by atoms with E-state index in [1.54, 1.807) is 19.1 Å². The summed E-state index contributed by atoms with van der Waals surface area (Å²) in [4.78, 5) is 24.0. The van der Waals surface area contributed by atoms with Crippen molar-refractivity contribution in [3.05, 3.63) is 23.5 Å². The molecule has 1 unspecified atom stereocenters. The normalized spacial score (nSPS) is 12.4. The molecule has 5 nitrogen and oxygen atoms in total. The molecule has 1 aromatic heterocycles. The standard InChI is InChI=1S/C9H11NO4/c1-5-2-3-7(10-5)6(9(13)14)4-8(11)12/h2-3,6,10H,4H2,1H3,(H,11,12)(H,13,14). The van der Waals surface area contributed by atoms with E-state index in [9.17, 15) is 9.59 Å². The lowest BCUT2D eigenvalue weighted by Gasteiger charge is -2.07. The molecule has 0 fully saturated rings. The van der Waals surface area contributed by atoms with Crippen molar-refractivity contribution in [2.75, 3.05) is 0 Å². The molecule has 0 aliphatic carbocycles. The second kappa shape index (κ2) is 3.95. The summed E-state index contributed by atoms with van der Waals surface area (Å²) < 4.78 is 0. The van der Waals surface area contributed by atoms with Gasteiger partial charge in [-0.25, -0.2) is 0 Å². The third kappa shape index (κ3) is 2.35. The van der Waals surface area contributed by atoms with Gasteiger partial charge in [-0.05, 0) is 19.1 Å². The lowest BCUT2D eigenvalue weighted by atomic mass is 10.0. The van der Waals surface area contributed by atoms with E-state index in [4.69, 9.17) is 10.2 Å². The highest BCUT2D eigenvalue weighted by atomic mass is 16.4. The lowest BCUT2D eigenvalue weighted by Crippen LogP contribution is -2.16. The van der Waals surface area contributed by atoms with E-state index in [1.165, 1.54) is 0 Å². The molecule has 1 atom stereocenters. The second-order valence-corrected chi connectivity index (χ2v) is 3.09. The van der Waals surface area contributed by atoms with Crippen molar-refractivity contribution in [1.29, 1.82) is 0 Å². The van der Waals surface area contributed by atoms with Gasteiger partial charge in [-0.15, -0.1) is 0 Å². The van der Waals surface area contributed by atoms with E-state index in [2.05, 4.69) is 4.98 Å². The van der Waals surface area contributed by atoms with Crippen LogP contribution in [0.4, 0.5) is 0 Å². The number of hydrogen-bond donors (Lipinski definition) is 3. The number of carbonyl (C=O) groups is 2. The summed E-state index contributed by atoms with van der Waals surface area (Å²) in [5.41, 5.74) is 1.24. The zero-order chi connectivity index (χ0) is 10.7. The van der Waals surface area contributed by atoms with Crippen LogP contribution in [0.5, 0.6) is 0 Å². The first-order valence-corrected chi connectivity index (χ1v) is 4.11. The number of aromatic nitrogens is 1. The number of carboxylic acid groups (broad SMARTS) is 2. The van der Waals surface area contributed by atoms with Crippen molar-refractivity contribution >= 4 is 11.9 Å². The number of rotatable bonds is 4. The predicted molar refractivity (Wildman–Crippen MR) is 48.2 cm³/mol. The number of aliphatic carboxylic acids is 2. The van der Waals surface area contributed by atoms with Crippen LogP contribution in [0.1, 0.15) is 23.7 Å². The van der Waals surface area contributed by atoms with Crippen molar-refractivity contribution in [1.82, 2.24) is 4.98 Å². The molecule has 0 spiro atoms. The van der Waals surface area contributed by atoms with Crippen molar-refractivity contribution in [3.8, 4) is 0 Å². The van der Waals surface area contributed by atoms with Crippen LogP contribution < -0.4 is 0 Å². The number of aromatic amines is 1. The molecular formula is C9H11NO4. The molecule has 1 aromatic rings. The quantitative estimate of drug-likeness (QED) is 0.670. The summed E-state index contributed by atoms with van der Waals surface area (Å²) in [7, 11) is 0. The molecule has 0 radical (unpaired) electrons. The van der Waals surface area contributed by atoms with Crippen LogP contribution in [0.3, 0.4) is 0 Å². The number of nitrogens with one attached hydrogen (secondary N) is 1. The Balaban J connectivity index is 2.88. The van der Waals surface area contributed by atoms with Gasteiger partial charge in [0.25, 0.3) is 0 Å². The fourth-order valence-corrected chi connectivity index (χ4v) is 1.23. The Hall–Kier alpha value is -1.78. The third-order valence-electron chi connectivity index (χ3n) is 1.91. The molecule has 1 rings (SSSR count). The molecular weight excluding hydrogens is 186 g/mol. The van der Waals surface area contributed by atoms with Crippen molar-refractivity contribution in [2.45, 2.75) is 19.3 Å². The van der Waals surface area contributed by atoms with Gasteiger partial charge >= 0.3 is 11.9 Å². The van der Waals surface area contributed by atoms with Crippen LogP contribution >= 0.6 is 0 Å². The second-order valence-electron chi connectivity index (χ2n) is 3.09. The molecule has 0 aromatic carbocycles. The van der Waals surface area contributed by atoms with Crippen LogP contribution in [0.25, 0.3) is 0 Å². The summed E-state index contributed by atoms with van der Waals surface area (Å²) in [6.07, 6.45) is -0.407. The molecule has 0 saturated carbocycles. The summed E-state index contributed by atoms with van der Waals surface area (Å²) in [5, 5.41) is 17.3. The van der Waals surface area contributed by atoms with Crippen LogP contribution in [-0.2, 0) is 9.59 Å². The highest BCUT2D eigenvalue weighted by Gasteiger charge is 2.23. The van der Waals surface area contributed by atoms with Gasteiger partial charge in [-0.3, -0.25) is 9.59 Å².